The molecule has 0 bridgehead atoms. The van der Waals surface area contributed by atoms with E-state index in [4.69, 9.17) is 4.74 Å². The average Bonchev–Trinajstić information content (AvgIpc) is 2.61. The molecule has 2 rings (SSSR count). The van der Waals surface area contributed by atoms with Crippen LogP contribution in [0.2, 0.25) is 0 Å². The number of hydrogen-bond acceptors (Lipinski definition) is 3. The molecule has 0 unspecified atom stereocenters. The van der Waals surface area contributed by atoms with E-state index in [2.05, 4.69) is 16.0 Å². The third-order valence-corrected chi connectivity index (χ3v) is 3.44. The fourth-order valence-corrected chi connectivity index (χ4v) is 2.22. The molecular formula is C19H22FN3O3. The molecular weight excluding hydrogens is 337 g/mol. The number of hydrogen-bond donors (Lipinski definition) is 3. The molecule has 0 saturated carbocycles. The van der Waals surface area contributed by atoms with E-state index >= 15 is 0 Å². The largest absolute Gasteiger partial charge is 0.484 e. The number of carbonyl (C=O) groups is 2. The normalized spacial score (nSPS) is 10.1. The van der Waals surface area contributed by atoms with Crippen LogP contribution in [0, 0.1) is 5.82 Å². The van der Waals surface area contributed by atoms with Crippen molar-refractivity contribution in [2.45, 2.75) is 13.3 Å². The Morgan fingerprint density at radius 1 is 1.08 bits per heavy atom. The Morgan fingerprint density at radius 3 is 2.54 bits per heavy atom. The second-order valence-electron chi connectivity index (χ2n) is 5.53. The molecule has 0 aliphatic heterocycles. The van der Waals surface area contributed by atoms with E-state index in [1.165, 1.54) is 12.1 Å². The van der Waals surface area contributed by atoms with Crippen LogP contribution >= 0.6 is 0 Å². The molecule has 6 nitrogen and oxygen atoms in total. The second-order valence-corrected chi connectivity index (χ2v) is 5.53. The summed E-state index contributed by atoms with van der Waals surface area (Å²) in [7, 11) is 0. The lowest BCUT2D eigenvalue weighted by Gasteiger charge is -2.09. The van der Waals surface area contributed by atoms with Crippen molar-refractivity contribution in [3.63, 3.8) is 0 Å². The predicted molar refractivity (Wildman–Crippen MR) is 97.7 cm³/mol. The average molecular weight is 359 g/mol. The maximum atomic E-state index is 13.1. The molecule has 0 atom stereocenters. The third kappa shape index (κ3) is 6.80. The van der Waals surface area contributed by atoms with Crippen LogP contribution in [-0.4, -0.2) is 31.6 Å². The third-order valence-electron chi connectivity index (χ3n) is 3.44. The number of likely N-dealkylation sites (N-methyl/N-ethyl adjacent to an activating group) is 1. The molecule has 0 spiro atoms. The molecule has 0 aliphatic rings. The Kier molecular flexibility index (Phi) is 7.42. The minimum atomic E-state index is -0.350. The van der Waals surface area contributed by atoms with Gasteiger partial charge in [-0.2, -0.15) is 0 Å². The van der Waals surface area contributed by atoms with Crippen molar-refractivity contribution in [2.75, 3.05) is 25.0 Å². The van der Waals surface area contributed by atoms with E-state index in [0.717, 1.165) is 5.56 Å². The number of halogens is 1. The van der Waals surface area contributed by atoms with Crippen molar-refractivity contribution in [3.05, 3.63) is 59.9 Å². The van der Waals surface area contributed by atoms with Gasteiger partial charge in [-0.15, -0.1) is 0 Å². The van der Waals surface area contributed by atoms with Gasteiger partial charge in [0.2, 0.25) is 0 Å². The SMILES string of the molecule is CCNC(=O)COc1ccc(NC(=O)NCCc2cccc(F)c2)cc1. The molecule has 0 aromatic heterocycles. The molecule has 7 heteroatoms. The highest BCUT2D eigenvalue weighted by molar-refractivity contribution is 5.89. The standard InChI is InChI=1S/C19H22FN3O3/c1-2-21-18(24)13-26-17-8-6-16(7-9-17)23-19(25)22-11-10-14-4-3-5-15(20)12-14/h3-9,12H,2,10-11,13H2,1H3,(H,21,24)(H2,22,23,25). The first-order chi connectivity index (χ1) is 12.6. The van der Waals surface area contributed by atoms with Crippen LogP contribution < -0.4 is 20.7 Å². The zero-order chi connectivity index (χ0) is 18.8. The molecule has 0 saturated heterocycles. The van der Waals surface area contributed by atoms with Crippen molar-refractivity contribution in [1.82, 2.24) is 10.6 Å². The Hall–Kier alpha value is -3.09. The minimum absolute atomic E-state index is 0.0544. The number of carbonyl (C=O) groups excluding carboxylic acids is 2. The smallest absolute Gasteiger partial charge is 0.319 e. The fraction of sp³-hybridized carbons (Fsp3) is 0.263. The number of anilines is 1. The molecule has 3 amide bonds. The highest BCUT2D eigenvalue weighted by Crippen LogP contribution is 2.15. The van der Waals surface area contributed by atoms with Gasteiger partial charge in [-0.3, -0.25) is 4.79 Å². The van der Waals surface area contributed by atoms with Crippen molar-refractivity contribution in [1.29, 1.82) is 0 Å². The molecule has 3 N–H and O–H groups in total. The first-order valence-corrected chi connectivity index (χ1v) is 8.35. The van der Waals surface area contributed by atoms with Crippen LogP contribution in [0.15, 0.2) is 48.5 Å². The van der Waals surface area contributed by atoms with Crippen LogP contribution in [0.3, 0.4) is 0 Å². The summed E-state index contributed by atoms with van der Waals surface area (Å²) >= 11 is 0. The van der Waals surface area contributed by atoms with E-state index in [1.807, 2.05) is 13.0 Å². The van der Waals surface area contributed by atoms with Crippen LogP contribution in [0.5, 0.6) is 5.75 Å². The summed E-state index contributed by atoms with van der Waals surface area (Å²) in [5.74, 6) is 0.0575. The summed E-state index contributed by atoms with van der Waals surface area (Å²) in [4.78, 5) is 23.2. The summed E-state index contributed by atoms with van der Waals surface area (Å²) in [6.45, 7) is 2.73. The molecule has 2 aromatic carbocycles. The van der Waals surface area contributed by atoms with E-state index in [0.29, 0.717) is 30.9 Å². The summed E-state index contributed by atoms with van der Waals surface area (Å²) in [5, 5.41) is 8.04. The van der Waals surface area contributed by atoms with E-state index in [9.17, 15) is 14.0 Å². The van der Waals surface area contributed by atoms with Crippen molar-refractivity contribution in [3.8, 4) is 5.75 Å². The molecule has 26 heavy (non-hydrogen) atoms. The maximum absolute atomic E-state index is 13.1. The van der Waals surface area contributed by atoms with Gasteiger partial charge >= 0.3 is 6.03 Å². The van der Waals surface area contributed by atoms with Gasteiger partial charge in [-0.1, -0.05) is 12.1 Å². The van der Waals surface area contributed by atoms with Gasteiger partial charge in [-0.05, 0) is 55.3 Å². The molecule has 0 aliphatic carbocycles. The lowest BCUT2D eigenvalue weighted by atomic mass is 10.1. The highest BCUT2D eigenvalue weighted by Gasteiger charge is 2.04. The van der Waals surface area contributed by atoms with E-state index in [-0.39, 0.29) is 24.4 Å². The maximum Gasteiger partial charge on any atom is 0.319 e. The van der Waals surface area contributed by atoms with Gasteiger partial charge in [0.1, 0.15) is 11.6 Å². The number of ether oxygens (including phenoxy) is 1. The number of rotatable bonds is 8. The fourth-order valence-electron chi connectivity index (χ4n) is 2.22. The number of benzene rings is 2. The lowest BCUT2D eigenvalue weighted by molar-refractivity contribution is -0.122. The van der Waals surface area contributed by atoms with E-state index < -0.39 is 0 Å². The minimum Gasteiger partial charge on any atom is -0.484 e. The topological polar surface area (TPSA) is 79.5 Å². The van der Waals surface area contributed by atoms with Crippen molar-refractivity contribution < 1.29 is 18.7 Å². The lowest BCUT2D eigenvalue weighted by Crippen LogP contribution is -2.30. The quantitative estimate of drug-likeness (QED) is 0.678. The van der Waals surface area contributed by atoms with Crippen LogP contribution in [0.1, 0.15) is 12.5 Å². The molecule has 0 fully saturated rings. The summed E-state index contributed by atoms with van der Waals surface area (Å²) < 4.78 is 18.4. The van der Waals surface area contributed by atoms with Gasteiger partial charge in [0.15, 0.2) is 6.61 Å². The Balaban J connectivity index is 1.72. The van der Waals surface area contributed by atoms with Crippen LogP contribution in [0.25, 0.3) is 0 Å². The zero-order valence-corrected chi connectivity index (χ0v) is 14.5. The van der Waals surface area contributed by atoms with Crippen LogP contribution in [-0.2, 0) is 11.2 Å². The Morgan fingerprint density at radius 2 is 1.85 bits per heavy atom. The molecule has 2 aromatic rings. The number of urea groups is 1. The molecule has 138 valence electrons. The van der Waals surface area contributed by atoms with Gasteiger partial charge in [-0.25, -0.2) is 9.18 Å². The predicted octanol–water partition coefficient (Wildman–Crippen LogP) is 2.70. The molecule has 0 heterocycles. The Labute approximate surface area is 151 Å². The Bertz CT molecular complexity index is 735. The van der Waals surface area contributed by atoms with E-state index in [1.54, 1.807) is 30.3 Å². The van der Waals surface area contributed by atoms with Gasteiger partial charge in [0.05, 0.1) is 0 Å². The summed E-state index contributed by atoms with van der Waals surface area (Å²) in [6.07, 6.45) is 0.539. The summed E-state index contributed by atoms with van der Waals surface area (Å²) in [6, 6.07) is 12.6. The highest BCUT2D eigenvalue weighted by atomic mass is 19.1. The van der Waals surface area contributed by atoms with Gasteiger partial charge in [0, 0.05) is 18.8 Å². The first kappa shape index (κ1) is 19.2. The van der Waals surface area contributed by atoms with Gasteiger partial charge in [0.25, 0.3) is 5.91 Å². The molecule has 0 radical (unpaired) electrons. The summed E-state index contributed by atoms with van der Waals surface area (Å²) in [5.41, 5.74) is 1.41. The van der Waals surface area contributed by atoms with Crippen LogP contribution in [0.4, 0.5) is 14.9 Å². The van der Waals surface area contributed by atoms with Crippen molar-refractivity contribution >= 4 is 17.6 Å². The zero-order valence-electron chi connectivity index (χ0n) is 14.5. The second kappa shape index (κ2) is 10.0. The number of nitrogens with one attached hydrogen (secondary N) is 3. The van der Waals surface area contributed by atoms with Crippen molar-refractivity contribution in [2.24, 2.45) is 0 Å². The van der Waals surface area contributed by atoms with Gasteiger partial charge < -0.3 is 20.7 Å². The monoisotopic (exact) mass is 359 g/mol. The number of amides is 3. The first-order valence-electron chi connectivity index (χ1n) is 8.35.